The molecule has 0 amide bonds. The Labute approximate surface area is 114 Å². The zero-order valence-electron chi connectivity index (χ0n) is 10.6. The molecule has 0 saturated carbocycles. The predicted octanol–water partition coefficient (Wildman–Crippen LogP) is 1.05. The number of aliphatic hydroxyl groups excluding tert-OH is 1. The van der Waals surface area contributed by atoms with Crippen LogP contribution in [0.25, 0.3) is 11.2 Å². The first kappa shape index (κ1) is 12.4. The van der Waals surface area contributed by atoms with Gasteiger partial charge in [0, 0.05) is 12.1 Å². The maximum absolute atomic E-state index is 12.4. The van der Waals surface area contributed by atoms with E-state index in [4.69, 9.17) is 5.11 Å². The fourth-order valence-corrected chi connectivity index (χ4v) is 2.04. The van der Waals surface area contributed by atoms with Gasteiger partial charge in [-0.3, -0.25) is 4.79 Å². The van der Waals surface area contributed by atoms with Crippen molar-refractivity contribution in [3.05, 3.63) is 54.2 Å². The molecule has 0 radical (unpaired) electrons. The molecule has 1 aromatic carbocycles. The number of carbonyl (C=O) groups is 1. The highest BCUT2D eigenvalue weighted by Crippen LogP contribution is 2.16. The van der Waals surface area contributed by atoms with Crippen molar-refractivity contribution >= 4 is 16.9 Å². The number of aliphatic hydroxyl groups is 1. The molecular weight excluding hydrogens is 256 g/mol. The second-order valence-electron chi connectivity index (χ2n) is 4.25. The van der Waals surface area contributed by atoms with Gasteiger partial charge in [-0.2, -0.15) is 0 Å². The molecule has 0 bridgehead atoms. The zero-order chi connectivity index (χ0) is 13.9. The third-order valence-electron chi connectivity index (χ3n) is 2.99. The summed E-state index contributed by atoms with van der Waals surface area (Å²) in [6.07, 6.45) is 2.89. The maximum atomic E-state index is 12.4. The maximum Gasteiger partial charge on any atom is 0.213 e. The summed E-state index contributed by atoms with van der Waals surface area (Å²) in [4.78, 5) is 24.8. The number of hydrogen-bond acceptors (Lipinski definition) is 5. The van der Waals surface area contributed by atoms with Gasteiger partial charge < -0.3 is 9.67 Å². The smallest absolute Gasteiger partial charge is 0.213 e. The average molecular weight is 268 g/mol. The normalized spacial score (nSPS) is 10.8. The Morgan fingerprint density at radius 2 is 1.95 bits per heavy atom. The lowest BCUT2D eigenvalue weighted by atomic mass is 10.1. The molecule has 6 heteroatoms. The minimum Gasteiger partial charge on any atom is -0.395 e. The number of fused-ring (bicyclic) bond motifs is 1. The molecule has 0 unspecified atom stereocenters. The molecule has 3 rings (SSSR count). The summed E-state index contributed by atoms with van der Waals surface area (Å²) in [5, 5.41) is 9.00. The number of nitrogens with zero attached hydrogens (tertiary/aromatic N) is 4. The Morgan fingerprint density at radius 1 is 1.15 bits per heavy atom. The topological polar surface area (TPSA) is 80.9 Å². The quantitative estimate of drug-likeness (QED) is 0.715. The van der Waals surface area contributed by atoms with Crippen molar-refractivity contribution in [2.24, 2.45) is 0 Å². The second kappa shape index (κ2) is 5.18. The molecule has 2 heterocycles. The van der Waals surface area contributed by atoms with Gasteiger partial charge in [0.15, 0.2) is 5.65 Å². The first-order valence-electron chi connectivity index (χ1n) is 6.17. The lowest BCUT2D eigenvalue weighted by Gasteiger charge is -2.02. The lowest BCUT2D eigenvalue weighted by Crippen LogP contribution is -2.07. The van der Waals surface area contributed by atoms with E-state index < -0.39 is 0 Å². The molecule has 100 valence electrons. The van der Waals surface area contributed by atoms with E-state index in [1.807, 2.05) is 6.07 Å². The largest absolute Gasteiger partial charge is 0.395 e. The van der Waals surface area contributed by atoms with E-state index in [2.05, 4.69) is 15.0 Å². The van der Waals surface area contributed by atoms with E-state index in [-0.39, 0.29) is 18.1 Å². The van der Waals surface area contributed by atoms with Crippen molar-refractivity contribution in [2.45, 2.75) is 6.54 Å². The van der Waals surface area contributed by atoms with E-state index >= 15 is 0 Å². The van der Waals surface area contributed by atoms with Gasteiger partial charge in [-0.1, -0.05) is 30.3 Å². The molecule has 0 spiro atoms. The van der Waals surface area contributed by atoms with Crippen molar-refractivity contribution in [1.82, 2.24) is 19.5 Å². The lowest BCUT2D eigenvalue weighted by molar-refractivity contribution is 0.103. The average Bonchev–Trinajstić information content (AvgIpc) is 2.91. The van der Waals surface area contributed by atoms with Gasteiger partial charge in [0.1, 0.15) is 17.5 Å². The van der Waals surface area contributed by atoms with Gasteiger partial charge in [0.2, 0.25) is 5.78 Å². The molecule has 0 fully saturated rings. The van der Waals surface area contributed by atoms with Crippen molar-refractivity contribution in [1.29, 1.82) is 0 Å². The third kappa shape index (κ3) is 2.06. The minimum absolute atomic E-state index is 0.0164. The SMILES string of the molecule is O=C(c1ccccc1)c1ncnc2c1ncn2CCO. The number of ketones is 1. The van der Waals surface area contributed by atoms with Crippen LogP contribution in [0.3, 0.4) is 0 Å². The summed E-state index contributed by atoms with van der Waals surface area (Å²) in [7, 11) is 0. The van der Waals surface area contributed by atoms with Gasteiger partial charge in [-0.05, 0) is 0 Å². The van der Waals surface area contributed by atoms with E-state index in [1.54, 1.807) is 35.2 Å². The van der Waals surface area contributed by atoms with Crippen LogP contribution in [0, 0.1) is 0 Å². The molecule has 0 aliphatic heterocycles. The van der Waals surface area contributed by atoms with Crippen molar-refractivity contribution in [2.75, 3.05) is 6.61 Å². The number of benzene rings is 1. The van der Waals surface area contributed by atoms with Gasteiger partial charge in [0.25, 0.3) is 0 Å². The van der Waals surface area contributed by atoms with Crippen LogP contribution in [-0.2, 0) is 6.54 Å². The molecule has 1 N–H and O–H groups in total. The summed E-state index contributed by atoms with van der Waals surface area (Å²) < 4.78 is 1.69. The second-order valence-corrected chi connectivity index (χ2v) is 4.25. The Bertz CT molecular complexity index is 752. The van der Waals surface area contributed by atoms with Crippen molar-refractivity contribution in [3.8, 4) is 0 Å². The number of aromatic nitrogens is 4. The van der Waals surface area contributed by atoms with Gasteiger partial charge >= 0.3 is 0 Å². The standard InChI is InChI=1S/C14H12N4O2/c19-7-6-18-9-17-12-11(15-8-16-14(12)18)13(20)10-4-2-1-3-5-10/h1-5,8-9,19H,6-7H2. The first-order chi connectivity index (χ1) is 9.81. The molecule has 0 aliphatic carbocycles. The molecule has 3 aromatic rings. The molecule has 0 saturated heterocycles. The van der Waals surface area contributed by atoms with Crippen LogP contribution in [0.2, 0.25) is 0 Å². The number of rotatable bonds is 4. The first-order valence-corrected chi connectivity index (χ1v) is 6.17. The number of imidazole rings is 1. The monoisotopic (exact) mass is 268 g/mol. The molecule has 0 atom stereocenters. The van der Waals surface area contributed by atoms with E-state index in [9.17, 15) is 4.79 Å². The number of hydrogen-bond donors (Lipinski definition) is 1. The summed E-state index contributed by atoms with van der Waals surface area (Å²) in [5.74, 6) is -0.188. The minimum atomic E-state index is -0.188. The molecule has 6 nitrogen and oxygen atoms in total. The molecule has 0 aliphatic rings. The highest BCUT2D eigenvalue weighted by Gasteiger charge is 2.17. The van der Waals surface area contributed by atoms with E-state index in [1.165, 1.54) is 6.33 Å². The van der Waals surface area contributed by atoms with Crippen LogP contribution in [0.1, 0.15) is 16.1 Å². The van der Waals surface area contributed by atoms with Crippen LogP contribution in [0.5, 0.6) is 0 Å². The Morgan fingerprint density at radius 3 is 2.70 bits per heavy atom. The molecule has 2 aromatic heterocycles. The van der Waals surface area contributed by atoms with Crippen LogP contribution >= 0.6 is 0 Å². The Hall–Kier alpha value is -2.60. The van der Waals surface area contributed by atoms with Gasteiger partial charge in [-0.25, -0.2) is 15.0 Å². The Balaban J connectivity index is 2.10. The van der Waals surface area contributed by atoms with Gasteiger partial charge in [0.05, 0.1) is 12.9 Å². The Kier molecular flexibility index (Phi) is 3.22. The van der Waals surface area contributed by atoms with Crippen molar-refractivity contribution < 1.29 is 9.90 Å². The van der Waals surface area contributed by atoms with Crippen LogP contribution in [-0.4, -0.2) is 37.0 Å². The summed E-state index contributed by atoms with van der Waals surface area (Å²) in [6.45, 7) is 0.365. The van der Waals surface area contributed by atoms with E-state index in [0.717, 1.165) is 0 Å². The molecule has 20 heavy (non-hydrogen) atoms. The van der Waals surface area contributed by atoms with Crippen LogP contribution in [0.4, 0.5) is 0 Å². The summed E-state index contributed by atoms with van der Waals surface area (Å²) >= 11 is 0. The van der Waals surface area contributed by atoms with Crippen molar-refractivity contribution in [3.63, 3.8) is 0 Å². The molecular formula is C14H12N4O2. The van der Waals surface area contributed by atoms with E-state index in [0.29, 0.717) is 23.3 Å². The summed E-state index contributed by atoms with van der Waals surface area (Å²) in [5.41, 5.74) is 1.84. The number of carbonyl (C=O) groups excluding carboxylic acids is 1. The fourth-order valence-electron chi connectivity index (χ4n) is 2.04. The highest BCUT2D eigenvalue weighted by atomic mass is 16.3. The van der Waals surface area contributed by atoms with Crippen LogP contribution in [0.15, 0.2) is 43.0 Å². The fraction of sp³-hybridized carbons (Fsp3) is 0.143. The zero-order valence-corrected chi connectivity index (χ0v) is 10.6. The third-order valence-corrected chi connectivity index (χ3v) is 2.99. The van der Waals surface area contributed by atoms with Gasteiger partial charge in [-0.15, -0.1) is 0 Å². The van der Waals surface area contributed by atoms with Crippen LogP contribution < -0.4 is 0 Å². The summed E-state index contributed by atoms with van der Waals surface area (Å²) in [6, 6.07) is 8.93. The predicted molar refractivity (Wildman–Crippen MR) is 72.3 cm³/mol. The highest BCUT2D eigenvalue weighted by molar-refractivity contribution is 6.13.